The smallest absolute Gasteiger partial charge is 0.256 e. The van der Waals surface area contributed by atoms with Crippen molar-refractivity contribution in [2.24, 2.45) is 0 Å². The first-order valence-electron chi connectivity index (χ1n) is 8.84. The van der Waals surface area contributed by atoms with Gasteiger partial charge in [0, 0.05) is 20.1 Å². The summed E-state index contributed by atoms with van der Waals surface area (Å²) in [4.78, 5) is 26.1. The molecule has 4 aromatic rings. The number of nitrogens with one attached hydrogen (secondary N) is 1. The fraction of sp³-hybridized carbons (Fsp3) is 0.0435. The van der Waals surface area contributed by atoms with Gasteiger partial charge in [-0.3, -0.25) is 9.59 Å². The Labute approximate surface area is 179 Å². The van der Waals surface area contributed by atoms with Gasteiger partial charge in [-0.25, -0.2) is 0 Å². The monoisotopic (exact) mass is 465 g/mol. The first-order valence-corrected chi connectivity index (χ1v) is 10.4. The second-order valence-corrected chi connectivity index (χ2v) is 8.29. The maximum absolute atomic E-state index is 13.3. The van der Waals surface area contributed by atoms with Gasteiger partial charge in [-0.05, 0) is 54.1 Å². The summed E-state index contributed by atoms with van der Waals surface area (Å²) in [5.74, 6) is 0.393. The summed E-state index contributed by atoms with van der Waals surface area (Å²) >= 11 is 4.81. The molecular formula is C23H16BrNO3S. The van der Waals surface area contributed by atoms with Gasteiger partial charge in [0.25, 0.3) is 5.91 Å². The second-order valence-electron chi connectivity index (χ2n) is 6.32. The second kappa shape index (κ2) is 8.19. The molecule has 1 N–H and O–H groups in total. The Morgan fingerprint density at radius 1 is 0.966 bits per heavy atom. The highest BCUT2D eigenvalue weighted by atomic mass is 79.9. The van der Waals surface area contributed by atoms with E-state index in [0.29, 0.717) is 27.3 Å². The number of ether oxygens (including phenoxy) is 1. The van der Waals surface area contributed by atoms with E-state index in [1.807, 2.05) is 48.5 Å². The van der Waals surface area contributed by atoms with Crippen molar-refractivity contribution >= 4 is 48.3 Å². The highest BCUT2D eigenvalue weighted by Gasteiger charge is 2.17. The Kier molecular flexibility index (Phi) is 5.47. The summed E-state index contributed by atoms with van der Waals surface area (Å²) in [5, 5.41) is 4.10. The van der Waals surface area contributed by atoms with Gasteiger partial charge >= 0.3 is 0 Å². The topological polar surface area (TPSA) is 55.4 Å². The average molecular weight is 466 g/mol. The molecule has 0 unspecified atom stereocenters. The van der Waals surface area contributed by atoms with E-state index in [9.17, 15) is 9.59 Å². The third kappa shape index (κ3) is 3.95. The normalized spacial score (nSPS) is 10.7. The van der Waals surface area contributed by atoms with Crippen LogP contribution < -0.4 is 15.5 Å². The minimum atomic E-state index is -0.281. The van der Waals surface area contributed by atoms with Crippen LogP contribution in [0.1, 0.15) is 10.4 Å². The van der Waals surface area contributed by atoms with Gasteiger partial charge in [0.05, 0.1) is 12.7 Å². The molecule has 0 radical (unpaired) electrons. The maximum atomic E-state index is 13.3. The van der Waals surface area contributed by atoms with Crippen LogP contribution in [0.2, 0.25) is 0 Å². The Balaban J connectivity index is 1.83. The van der Waals surface area contributed by atoms with Crippen molar-refractivity contribution in [1.29, 1.82) is 0 Å². The third-order valence-electron chi connectivity index (χ3n) is 4.51. The maximum Gasteiger partial charge on any atom is 0.256 e. The molecule has 1 heterocycles. The summed E-state index contributed by atoms with van der Waals surface area (Å²) in [6.45, 7) is 0. The van der Waals surface area contributed by atoms with Crippen molar-refractivity contribution in [2.75, 3.05) is 12.4 Å². The van der Waals surface area contributed by atoms with Gasteiger partial charge < -0.3 is 10.1 Å². The molecule has 1 amide bonds. The highest BCUT2D eigenvalue weighted by Crippen LogP contribution is 2.34. The number of rotatable bonds is 4. The predicted molar refractivity (Wildman–Crippen MR) is 122 cm³/mol. The summed E-state index contributed by atoms with van der Waals surface area (Å²) in [5.41, 5.74) is 1.63. The summed E-state index contributed by atoms with van der Waals surface area (Å²) in [7, 11) is 1.58. The van der Waals surface area contributed by atoms with Crippen molar-refractivity contribution in [3.63, 3.8) is 0 Å². The Hall–Kier alpha value is -2.96. The molecule has 0 fully saturated rings. The molecule has 3 aromatic carbocycles. The molecule has 0 bridgehead atoms. The molecule has 0 aliphatic rings. The molecule has 0 saturated heterocycles. The largest absolute Gasteiger partial charge is 0.497 e. The number of halogens is 1. The number of fused-ring (bicyclic) bond motifs is 1. The highest BCUT2D eigenvalue weighted by molar-refractivity contribution is 9.10. The van der Waals surface area contributed by atoms with Crippen LogP contribution >= 0.6 is 27.3 Å². The van der Waals surface area contributed by atoms with Crippen LogP contribution in [0.5, 0.6) is 5.75 Å². The molecule has 0 aliphatic carbocycles. The van der Waals surface area contributed by atoms with Gasteiger partial charge in [0.15, 0.2) is 5.43 Å². The van der Waals surface area contributed by atoms with Gasteiger partial charge in [-0.15, -0.1) is 11.3 Å². The van der Waals surface area contributed by atoms with Crippen molar-refractivity contribution in [3.8, 4) is 16.9 Å². The van der Waals surface area contributed by atoms with Gasteiger partial charge in [-0.2, -0.15) is 0 Å². The van der Waals surface area contributed by atoms with Crippen LogP contribution in [-0.2, 0) is 0 Å². The number of methoxy groups -OCH3 is 1. The molecule has 1 aromatic heterocycles. The van der Waals surface area contributed by atoms with Gasteiger partial charge in [0.2, 0.25) is 0 Å². The van der Waals surface area contributed by atoms with Crippen molar-refractivity contribution < 1.29 is 9.53 Å². The van der Waals surface area contributed by atoms with Crippen molar-refractivity contribution in [2.45, 2.75) is 0 Å². The fourth-order valence-electron chi connectivity index (χ4n) is 3.03. The van der Waals surface area contributed by atoms with E-state index < -0.39 is 0 Å². The summed E-state index contributed by atoms with van der Waals surface area (Å²) in [6, 6.07) is 21.8. The fourth-order valence-corrected chi connectivity index (χ4v) is 4.38. The van der Waals surface area contributed by atoms with Crippen LogP contribution in [-0.4, -0.2) is 13.0 Å². The Morgan fingerprint density at radius 3 is 2.34 bits per heavy atom. The minimum Gasteiger partial charge on any atom is -0.497 e. The zero-order valence-corrected chi connectivity index (χ0v) is 17.8. The summed E-state index contributed by atoms with van der Waals surface area (Å²) < 4.78 is 6.88. The van der Waals surface area contributed by atoms with E-state index in [1.165, 1.54) is 11.3 Å². The molecule has 144 valence electrons. The van der Waals surface area contributed by atoms with Crippen LogP contribution in [0, 0.1) is 0 Å². The minimum absolute atomic E-state index is 0.105. The van der Waals surface area contributed by atoms with Crippen LogP contribution in [0.3, 0.4) is 0 Å². The molecular weight excluding hydrogens is 450 g/mol. The average Bonchev–Trinajstić information content (AvgIpc) is 2.75. The lowest BCUT2D eigenvalue weighted by atomic mass is 10.1. The molecule has 6 heteroatoms. The number of amides is 1. The van der Waals surface area contributed by atoms with E-state index in [1.54, 1.807) is 31.4 Å². The lowest BCUT2D eigenvalue weighted by Crippen LogP contribution is -2.15. The van der Waals surface area contributed by atoms with Crippen LogP contribution in [0.15, 0.2) is 82.1 Å². The Morgan fingerprint density at radius 2 is 1.66 bits per heavy atom. The molecule has 0 saturated carbocycles. The molecule has 4 nitrogen and oxygen atoms in total. The molecule has 4 rings (SSSR count). The van der Waals surface area contributed by atoms with Crippen LogP contribution in [0.25, 0.3) is 21.2 Å². The lowest BCUT2D eigenvalue weighted by Gasteiger charge is -2.12. The number of carbonyl (C=O) groups excluding carboxylic acids is 1. The van der Waals surface area contributed by atoms with E-state index in [4.69, 9.17) is 4.74 Å². The van der Waals surface area contributed by atoms with Crippen molar-refractivity contribution in [1.82, 2.24) is 0 Å². The van der Waals surface area contributed by atoms with Crippen LogP contribution in [0.4, 0.5) is 5.00 Å². The molecule has 29 heavy (non-hydrogen) atoms. The number of hydrogen-bond donors (Lipinski definition) is 1. The van der Waals surface area contributed by atoms with Crippen molar-refractivity contribution in [3.05, 3.63) is 93.1 Å². The molecule has 0 atom stereocenters. The number of anilines is 1. The third-order valence-corrected chi connectivity index (χ3v) is 6.12. The first-order chi connectivity index (χ1) is 14.1. The quantitative estimate of drug-likeness (QED) is 0.404. The number of hydrogen-bond acceptors (Lipinski definition) is 4. The predicted octanol–water partition coefficient (Wildman–Crippen LogP) is 5.95. The molecule has 0 aliphatic heterocycles. The Bertz CT molecular complexity index is 1250. The zero-order chi connectivity index (χ0) is 20.4. The van der Waals surface area contributed by atoms with Gasteiger partial charge in [0.1, 0.15) is 10.8 Å². The standard InChI is InChI=1S/C23H16BrNO3S/c1-28-17-12-8-15(9-13-17)22(27)25-23-20(14-6-10-16(24)11-7-14)21(26)18-4-2-3-5-19(18)29-23/h2-13H,1H3,(H,25,27). The molecule has 0 spiro atoms. The van der Waals surface area contributed by atoms with E-state index >= 15 is 0 Å². The summed E-state index contributed by atoms with van der Waals surface area (Å²) in [6.07, 6.45) is 0. The lowest BCUT2D eigenvalue weighted by molar-refractivity contribution is 0.102. The first kappa shape index (κ1) is 19.4. The zero-order valence-electron chi connectivity index (χ0n) is 15.4. The van der Waals surface area contributed by atoms with E-state index in [0.717, 1.165) is 14.7 Å². The SMILES string of the molecule is COc1ccc(C(=O)Nc2sc3ccccc3c(=O)c2-c2ccc(Br)cc2)cc1. The van der Waals surface area contributed by atoms with E-state index in [2.05, 4.69) is 21.2 Å². The number of benzene rings is 3. The number of carbonyl (C=O) groups is 1. The van der Waals surface area contributed by atoms with E-state index in [-0.39, 0.29) is 11.3 Å². The van der Waals surface area contributed by atoms with Gasteiger partial charge in [-0.1, -0.05) is 40.2 Å².